The number of nitrogens with zero attached hydrogens (tertiary/aromatic N) is 4. The van der Waals surface area contributed by atoms with Crippen LogP contribution in [0, 0.1) is 25.5 Å². The van der Waals surface area contributed by atoms with E-state index >= 15 is 0 Å². The van der Waals surface area contributed by atoms with Crippen molar-refractivity contribution >= 4 is 28.3 Å². The summed E-state index contributed by atoms with van der Waals surface area (Å²) in [4.78, 5) is 30.3. The second-order valence-electron chi connectivity index (χ2n) is 8.10. The van der Waals surface area contributed by atoms with E-state index in [0.717, 1.165) is 27.9 Å². The van der Waals surface area contributed by atoms with Crippen LogP contribution in [0.3, 0.4) is 0 Å². The fraction of sp³-hybridized carbons (Fsp3) is 0.120. The lowest BCUT2D eigenvalue weighted by molar-refractivity contribution is -0.117. The maximum atomic E-state index is 13.9. The monoisotopic (exact) mass is 475 g/mol. The molecule has 8 nitrogen and oxygen atoms in total. The molecule has 0 aliphatic rings. The Morgan fingerprint density at radius 1 is 1.03 bits per heavy atom. The van der Waals surface area contributed by atoms with E-state index in [2.05, 4.69) is 15.4 Å². The van der Waals surface area contributed by atoms with Gasteiger partial charge in [0.05, 0.1) is 16.7 Å². The summed E-state index contributed by atoms with van der Waals surface area (Å²) >= 11 is 0. The van der Waals surface area contributed by atoms with E-state index in [4.69, 9.17) is 4.74 Å². The fourth-order valence-corrected chi connectivity index (χ4v) is 3.86. The second-order valence-corrected chi connectivity index (χ2v) is 8.10. The summed E-state index contributed by atoms with van der Waals surface area (Å²) in [5, 5.41) is 6.61. The largest absolute Gasteiger partial charge is 0.436 e. The van der Waals surface area contributed by atoms with Crippen LogP contribution in [0.1, 0.15) is 11.1 Å². The van der Waals surface area contributed by atoms with E-state index in [0.29, 0.717) is 22.8 Å². The highest BCUT2D eigenvalue weighted by molar-refractivity contribution is 5.90. The van der Waals surface area contributed by atoms with Crippen molar-refractivity contribution in [2.75, 3.05) is 5.32 Å². The van der Waals surface area contributed by atoms with E-state index in [1.165, 1.54) is 4.40 Å². The Kier molecular flexibility index (Phi) is 5.48. The lowest BCUT2D eigenvalue weighted by atomic mass is 10.1. The van der Waals surface area contributed by atoms with Gasteiger partial charge in [-0.3, -0.25) is 4.79 Å². The van der Waals surface area contributed by atoms with Crippen molar-refractivity contribution in [3.05, 3.63) is 93.9 Å². The highest BCUT2D eigenvalue weighted by atomic mass is 19.1. The number of aryl methyl sites for hydroxylation is 2. The second kappa shape index (κ2) is 8.64. The molecule has 1 amide bonds. The molecule has 5 aromatic rings. The highest BCUT2D eigenvalue weighted by Crippen LogP contribution is 2.27. The first-order chi connectivity index (χ1) is 16.8. The van der Waals surface area contributed by atoms with Crippen LogP contribution < -0.4 is 15.7 Å². The van der Waals surface area contributed by atoms with E-state index in [1.807, 2.05) is 32.0 Å². The van der Waals surface area contributed by atoms with Crippen LogP contribution >= 0.6 is 0 Å². The molecule has 0 aliphatic carbocycles. The Balaban J connectivity index is 1.56. The van der Waals surface area contributed by atoms with Crippen LogP contribution in [0.5, 0.6) is 11.6 Å². The van der Waals surface area contributed by atoms with Crippen LogP contribution in [0.2, 0.25) is 0 Å². The van der Waals surface area contributed by atoms with Gasteiger partial charge in [0.2, 0.25) is 11.6 Å². The maximum absolute atomic E-state index is 13.9. The first-order valence-electron chi connectivity index (χ1n) is 10.7. The Hall–Kier alpha value is -4.60. The van der Waals surface area contributed by atoms with E-state index in [9.17, 15) is 18.4 Å². The van der Waals surface area contributed by atoms with Crippen molar-refractivity contribution in [3.63, 3.8) is 0 Å². The van der Waals surface area contributed by atoms with Gasteiger partial charge in [-0.05, 0) is 61.4 Å². The maximum Gasteiger partial charge on any atom is 0.351 e. The normalized spacial score (nSPS) is 11.2. The van der Waals surface area contributed by atoms with Crippen molar-refractivity contribution in [2.24, 2.45) is 0 Å². The molecule has 0 saturated heterocycles. The smallest absolute Gasteiger partial charge is 0.351 e. The minimum absolute atomic E-state index is 0.0922. The fourth-order valence-electron chi connectivity index (χ4n) is 3.86. The molecule has 0 radical (unpaired) electrons. The van der Waals surface area contributed by atoms with Gasteiger partial charge >= 0.3 is 5.69 Å². The zero-order valence-electron chi connectivity index (χ0n) is 18.8. The Labute approximate surface area is 197 Å². The van der Waals surface area contributed by atoms with Crippen LogP contribution in [-0.4, -0.2) is 25.1 Å². The van der Waals surface area contributed by atoms with Crippen molar-refractivity contribution in [1.82, 2.24) is 19.2 Å². The summed E-state index contributed by atoms with van der Waals surface area (Å²) < 4.78 is 35.3. The molecule has 0 aliphatic heterocycles. The third kappa shape index (κ3) is 4.33. The molecule has 0 bridgehead atoms. The minimum Gasteiger partial charge on any atom is -0.436 e. The number of aromatic nitrogens is 4. The number of hydrogen-bond acceptors (Lipinski definition) is 5. The van der Waals surface area contributed by atoms with Gasteiger partial charge in [0.15, 0.2) is 0 Å². The first kappa shape index (κ1) is 22.2. The van der Waals surface area contributed by atoms with Crippen LogP contribution in [0.15, 0.2) is 65.5 Å². The lowest BCUT2D eigenvalue weighted by Crippen LogP contribution is -2.28. The quantitative estimate of drug-likeness (QED) is 0.408. The molecule has 1 N–H and O–H groups in total. The molecule has 5 rings (SSSR count). The number of carbonyl (C=O) groups is 1. The predicted octanol–water partition coefficient (Wildman–Crippen LogP) is 4.37. The summed E-state index contributed by atoms with van der Waals surface area (Å²) in [6.45, 7) is 3.37. The zero-order valence-corrected chi connectivity index (χ0v) is 18.8. The van der Waals surface area contributed by atoms with Crippen molar-refractivity contribution in [1.29, 1.82) is 0 Å². The molecule has 0 fully saturated rings. The summed E-state index contributed by atoms with van der Waals surface area (Å²) in [5.41, 5.74) is 2.27. The average molecular weight is 475 g/mol. The Morgan fingerprint density at radius 3 is 2.51 bits per heavy atom. The van der Waals surface area contributed by atoms with Gasteiger partial charge in [-0.1, -0.05) is 18.2 Å². The number of hydrogen-bond donors (Lipinski definition) is 1. The number of ether oxygens (including phenoxy) is 1. The topological polar surface area (TPSA) is 90.5 Å². The molecular formula is C25H19F2N5O3. The molecule has 0 unspecified atom stereocenters. The third-order valence-electron chi connectivity index (χ3n) is 5.28. The van der Waals surface area contributed by atoms with E-state index in [-0.39, 0.29) is 17.2 Å². The van der Waals surface area contributed by atoms with Crippen molar-refractivity contribution in [3.8, 4) is 11.6 Å². The number of carbonyl (C=O) groups excluding carboxylic acids is 1. The number of rotatable bonds is 5. The molecule has 3 aromatic carbocycles. The molecule has 176 valence electrons. The SMILES string of the molecule is Cc1cc(C)cc(Oc2nc3ccccc3n3c(=O)n(CC(=O)Nc4ccc(F)cc4F)nc23)c1. The number of benzene rings is 3. The van der Waals surface area contributed by atoms with Crippen molar-refractivity contribution < 1.29 is 18.3 Å². The van der Waals surface area contributed by atoms with Gasteiger partial charge in [-0.25, -0.2) is 27.6 Å². The van der Waals surface area contributed by atoms with E-state index < -0.39 is 29.8 Å². The molecule has 0 atom stereocenters. The predicted molar refractivity (Wildman–Crippen MR) is 126 cm³/mol. The minimum atomic E-state index is -0.931. The molecule has 2 aromatic heterocycles. The third-order valence-corrected chi connectivity index (χ3v) is 5.28. The van der Waals surface area contributed by atoms with Gasteiger partial charge in [0.25, 0.3) is 5.88 Å². The average Bonchev–Trinajstić information content (AvgIpc) is 3.11. The summed E-state index contributed by atoms with van der Waals surface area (Å²) in [7, 11) is 0. The van der Waals surface area contributed by atoms with Gasteiger partial charge in [-0.15, -0.1) is 5.10 Å². The molecule has 35 heavy (non-hydrogen) atoms. The number of anilines is 1. The summed E-state index contributed by atoms with van der Waals surface area (Å²) in [5.74, 6) is -1.80. The molecule has 0 spiro atoms. The Bertz CT molecular complexity index is 1660. The molecule has 10 heteroatoms. The van der Waals surface area contributed by atoms with Crippen LogP contribution in [-0.2, 0) is 11.3 Å². The van der Waals surface area contributed by atoms with Gasteiger partial charge in [-0.2, -0.15) is 0 Å². The zero-order chi connectivity index (χ0) is 24.7. The Morgan fingerprint density at radius 2 is 1.77 bits per heavy atom. The first-order valence-corrected chi connectivity index (χ1v) is 10.7. The van der Waals surface area contributed by atoms with Crippen molar-refractivity contribution in [2.45, 2.75) is 20.4 Å². The van der Waals surface area contributed by atoms with Gasteiger partial charge in [0.1, 0.15) is 23.9 Å². The summed E-state index contributed by atoms with van der Waals surface area (Å²) in [6, 6.07) is 15.4. The van der Waals surface area contributed by atoms with Gasteiger partial charge < -0.3 is 10.1 Å². The van der Waals surface area contributed by atoms with Crippen LogP contribution in [0.4, 0.5) is 14.5 Å². The number of para-hydroxylation sites is 2. The molecular weight excluding hydrogens is 456 g/mol. The lowest BCUT2D eigenvalue weighted by Gasteiger charge is -2.09. The summed E-state index contributed by atoms with van der Waals surface area (Å²) in [6.07, 6.45) is 0. The van der Waals surface area contributed by atoms with Crippen LogP contribution in [0.25, 0.3) is 16.7 Å². The molecule has 0 saturated carbocycles. The highest BCUT2D eigenvalue weighted by Gasteiger charge is 2.19. The number of fused-ring (bicyclic) bond motifs is 3. The number of nitrogens with one attached hydrogen (secondary N) is 1. The standard InChI is InChI=1S/C25H19F2N5O3/c1-14-9-15(2)11-17(10-14)35-24-23-30-31(13-22(33)28-19-8-7-16(26)12-18(19)27)25(34)32(23)21-6-4-3-5-20(21)29-24/h3-12H,13H2,1-2H3,(H,28,33). The number of halogens is 2. The van der Waals surface area contributed by atoms with Gasteiger partial charge in [0, 0.05) is 6.07 Å². The molecule has 2 heterocycles. The van der Waals surface area contributed by atoms with E-state index in [1.54, 1.807) is 24.3 Å². The number of amides is 1.